The van der Waals surface area contributed by atoms with Crippen molar-refractivity contribution >= 4 is 5.91 Å². The number of benzene rings is 2. The third kappa shape index (κ3) is 3.77. The summed E-state index contributed by atoms with van der Waals surface area (Å²) in [6, 6.07) is 21.8. The first kappa shape index (κ1) is 16.3. The van der Waals surface area contributed by atoms with Crippen molar-refractivity contribution in [3.63, 3.8) is 0 Å². The van der Waals surface area contributed by atoms with E-state index in [2.05, 4.69) is 40.5 Å². The van der Waals surface area contributed by atoms with Gasteiger partial charge in [-0.1, -0.05) is 55.0 Å². The maximum Gasteiger partial charge on any atom is 0.251 e. The summed E-state index contributed by atoms with van der Waals surface area (Å²) in [7, 11) is 0. The molecule has 2 atom stereocenters. The maximum absolute atomic E-state index is 12.5. The molecule has 0 aliphatic carbocycles. The number of carbonyl (C=O) groups is 1. The Morgan fingerprint density at radius 1 is 0.920 bits per heavy atom. The van der Waals surface area contributed by atoms with E-state index in [0.717, 1.165) is 24.9 Å². The summed E-state index contributed by atoms with van der Waals surface area (Å²) in [5, 5.41) is 3.28. The Bertz CT molecular complexity index is 686. The Labute approximate surface area is 150 Å². The third-order valence-corrected chi connectivity index (χ3v) is 5.71. The molecule has 1 amide bonds. The van der Waals surface area contributed by atoms with E-state index < -0.39 is 0 Å². The van der Waals surface area contributed by atoms with Gasteiger partial charge in [0.15, 0.2) is 0 Å². The highest BCUT2D eigenvalue weighted by molar-refractivity contribution is 5.94. The molecule has 0 spiro atoms. The van der Waals surface area contributed by atoms with E-state index in [-0.39, 0.29) is 5.91 Å². The second-order valence-electron chi connectivity index (χ2n) is 7.40. The van der Waals surface area contributed by atoms with Crippen LogP contribution in [-0.4, -0.2) is 28.9 Å². The van der Waals surface area contributed by atoms with Crippen LogP contribution in [0.5, 0.6) is 0 Å². The van der Waals surface area contributed by atoms with E-state index in [4.69, 9.17) is 0 Å². The minimum absolute atomic E-state index is 0.0696. The fourth-order valence-corrected chi connectivity index (χ4v) is 4.51. The number of piperidine rings is 2. The Hall–Kier alpha value is -2.13. The Morgan fingerprint density at radius 2 is 1.52 bits per heavy atom. The lowest BCUT2D eigenvalue weighted by molar-refractivity contribution is 0.0177. The summed E-state index contributed by atoms with van der Waals surface area (Å²) >= 11 is 0. The molecule has 3 nitrogen and oxygen atoms in total. The first-order valence-corrected chi connectivity index (χ1v) is 9.45. The van der Waals surface area contributed by atoms with Gasteiger partial charge in [-0.15, -0.1) is 0 Å². The second kappa shape index (κ2) is 7.40. The first-order valence-electron chi connectivity index (χ1n) is 9.45. The van der Waals surface area contributed by atoms with Gasteiger partial charge in [-0.25, -0.2) is 0 Å². The molecule has 3 heteroatoms. The van der Waals surface area contributed by atoms with Crippen LogP contribution in [-0.2, 0) is 6.54 Å². The van der Waals surface area contributed by atoms with Crippen molar-refractivity contribution in [1.82, 2.24) is 10.2 Å². The molecule has 0 radical (unpaired) electrons. The topological polar surface area (TPSA) is 32.3 Å². The second-order valence-corrected chi connectivity index (χ2v) is 7.40. The van der Waals surface area contributed by atoms with Gasteiger partial charge in [0, 0.05) is 30.2 Å². The van der Waals surface area contributed by atoms with Gasteiger partial charge in [0.2, 0.25) is 0 Å². The predicted molar refractivity (Wildman–Crippen MR) is 100 cm³/mol. The van der Waals surface area contributed by atoms with Crippen LogP contribution in [0.15, 0.2) is 60.7 Å². The molecule has 2 heterocycles. The van der Waals surface area contributed by atoms with E-state index in [0.29, 0.717) is 18.1 Å². The molecule has 0 saturated carbocycles. The molecule has 2 bridgehead atoms. The molecule has 1 N–H and O–H groups in total. The Kier molecular flexibility index (Phi) is 4.84. The van der Waals surface area contributed by atoms with Crippen molar-refractivity contribution in [2.24, 2.45) is 0 Å². The molecule has 0 unspecified atom stereocenters. The summed E-state index contributed by atoms with van der Waals surface area (Å²) in [6.45, 7) is 1.04. The summed E-state index contributed by atoms with van der Waals surface area (Å²) in [6.07, 6.45) is 5.96. The molecular weight excluding hydrogens is 308 g/mol. The fraction of sp³-hybridized carbons (Fsp3) is 0.409. The minimum atomic E-state index is 0.0696. The maximum atomic E-state index is 12.5. The molecule has 2 saturated heterocycles. The van der Waals surface area contributed by atoms with Crippen molar-refractivity contribution in [2.75, 3.05) is 0 Å². The molecule has 2 fully saturated rings. The van der Waals surface area contributed by atoms with Gasteiger partial charge in [0.25, 0.3) is 5.91 Å². The van der Waals surface area contributed by atoms with Gasteiger partial charge in [0.1, 0.15) is 0 Å². The van der Waals surface area contributed by atoms with Crippen LogP contribution in [0, 0.1) is 0 Å². The van der Waals surface area contributed by atoms with Gasteiger partial charge in [-0.2, -0.15) is 0 Å². The summed E-state index contributed by atoms with van der Waals surface area (Å²) < 4.78 is 0. The minimum Gasteiger partial charge on any atom is -0.349 e. The van der Waals surface area contributed by atoms with Crippen molar-refractivity contribution in [3.8, 4) is 0 Å². The van der Waals surface area contributed by atoms with Crippen LogP contribution in [0.1, 0.15) is 48.0 Å². The number of fused-ring (bicyclic) bond motifs is 2. The lowest BCUT2D eigenvalue weighted by Gasteiger charge is -2.49. The van der Waals surface area contributed by atoms with Gasteiger partial charge >= 0.3 is 0 Å². The van der Waals surface area contributed by atoms with Crippen LogP contribution in [0.2, 0.25) is 0 Å². The zero-order chi connectivity index (χ0) is 17.1. The highest BCUT2D eigenvalue weighted by Crippen LogP contribution is 2.35. The van der Waals surface area contributed by atoms with Crippen molar-refractivity contribution in [3.05, 3.63) is 71.8 Å². The first-order chi connectivity index (χ1) is 12.3. The molecule has 0 aromatic heterocycles. The fourth-order valence-electron chi connectivity index (χ4n) is 4.51. The van der Waals surface area contributed by atoms with Crippen LogP contribution in [0.25, 0.3) is 0 Å². The average Bonchev–Trinajstić information content (AvgIpc) is 2.64. The number of amides is 1. The average molecular weight is 334 g/mol. The lowest BCUT2D eigenvalue weighted by atomic mass is 9.81. The molecule has 2 aromatic rings. The normalized spacial score (nSPS) is 26.2. The van der Waals surface area contributed by atoms with Crippen molar-refractivity contribution < 1.29 is 4.79 Å². The summed E-state index contributed by atoms with van der Waals surface area (Å²) in [5.41, 5.74) is 2.16. The monoisotopic (exact) mass is 334 g/mol. The zero-order valence-electron chi connectivity index (χ0n) is 14.6. The highest BCUT2D eigenvalue weighted by Gasteiger charge is 2.38. The van der Waals surface area contributed by atoms with E-state index in [9.17, 15) is 4.79 Å². The van der Waals surface area contributed by atoms with Crippen molar-refractivity contribution in [1.29, 1.82) is 0 Å². The van der Waals surface area contributed by atoms with Crippen LogP contribution in [0.3, 0.4) is 0 Å². The quantitative estimate of drug-likeness (QED) is 0.916. The number of nitrogens with one attached hydrogen (secondary N) is 1. The largest absolute Gasteiger partial charge is 0.349 e. The number of hydrogen-bond acceptors (Lipinski definition) is 2. The molecular formula is C22H26N2O. The van der Waals surface area contributed by atoms with Gasteiger partial charge in [0.05, 0.1) is 0 Å². The smallest absolute Gasteiger partial charge is 0.251 e. The standard InChI is InChI=1S/C22H26N2O/c25-22(18-10-5-2-6-11-18)23-19-14-20-12-7-13-21(15-19)24(20)16-17-8-3-1-4-9-17/h1-6,8-11,19-21H,7,12-16H2,(H,23,25)/t20-,21-/m0/s1. The van der Waals surface area contributed by atoms with Crippen LogP contribution >= 0.6 is 0 Å². The molecule has 2 aliphatic heterocycles. The molecule has 2 aromatic carbocycles. The zero-order valence-corrected chi connectivity index (χ0v) is 14.6. The summed E-state index contributed by atoms with van der Waals surface area (Å²) in [4.78, 5) is 15.2. The number of carbonyl (C=O) groups excluding carboxylic acids is 1. The van der Waals surface area contributed by atoms with Crippen LogP contribution < -0.4 is 5.32 Å². The van der Waals surface area contributed by atoms with E-state index in [1.54, 1.807) is 0 Å². The predicted octanol–water partition coefficient (Wildman–Crippen LogP) is 4.00. The number of rotatable bonds is 4. The van der Waals surface area contributed by atoms with E-state index in [1.165, 1.54) is 24.8 Å². The van der Waals surface area contributed by atoms with Gasteiger partial charge in [-0.3, -0.25) is 9.69 Å². The van der Waals surface area contributed by atoms with Crippen molar-refractivity contribution in [2.45, 2.75) is 56.8 Å². The number of hydrogen-bond donors (Lipinski definition) is 1. The molecule has 2 aliphatic rings. The van der Waals surface area contributed by atoms with Gasteiger partial charge < -0.3 is 5.32 Å². The highest BCUT2D eigenvalue weighted by atomic mass is 16.1. The molecule has 130 valence electrons. The van der Waals surface area contributed by atoms with E-state index in [1.807, 2.05) is 30.3 Å². The summed E-state index contributed by atoms with van der Waals surface area (Å²) in [5.74, 6) is 0.0696. The van der Waals surface area contributed by atoms with Crippen LogP contribution in [0.4, 0.5) is 0 Å². The van der Waals surface area contributed by atoms with E-state index >= 15 is 0 Å². The third-order valence-electron chi connectivity index (χ3n) is 5.71. The number of nitrogens with zero attached hydrogens (tertiary/aromatic N) is 1. The molecule has 25 heavy (non-hydrogen) atoms. The Balaban J connectivity index is 1.41. The Morgan fingerprint density at radius 3 is 2.16 bits per heavy atom. The SMILES string of the molecule is O=C(NC1C[C@@H]2CCC[C@@H](C1)N2Cc1ccccc1)c1ccccc1. The lowest BCUT2D eigenvalue weighted by Crippen LogP contribution is -2.56. The molecule has 4 rings (SSSR count). The van der Waals surface area contributed by atoms with Gasteiger partial charge in [-0.05, 0) is 43.4 Å².